The van der Waals surface area contributed by atoms with Crippen molar-refractivity contribution in [2.24, 2.45) is 0 Å². The largest absolute Gasteiger partial charge is 0.619 e. The minimum atomic E-state index is -1.05. The lowest BCUT2D eigenvalue weighted by molar-refractivity contribution is -0.605. The first-order valence-corrected chi connectivity index (χ1v) is 7.28. The summed E-state index contributed by atoms with van der Waals surface area (Å²) in [6, 6.07) is 7.20. The Morgan fingerprint density at radius 3 is 2.48 bits per heavy atom. The summed E-state index contributed by atoms with van der Waals surface area (Å²) >= 11 is 11.7. The number of nitrogens with zero attached hydrogens (tertiary/aromatic N) is 1. The smallest absolute Gasteiger partial charge is 0.339 e. The van der Waals surface area contributed by atoms with Gasteiger partial charge in [-0.1, -0.05) is 23.2 Å². The summed E-state index contributed by atoms with van der Waals surface area (Å²) < 4.78 is 5.58. The van der Waals surface area contributed by atoms with E-state index in [9.17, 15) is 14.8 Å². The van der Waals surface area contributed by atoms with E-state index in [1.165, 1.54) is 25.1 Å². The fraction of sp³-hybridized carbons (Fsp3) is 0.133. The van der Waals surface area contributed by atoms with Crippen molar-refractivity contribution in [1.82, 2.24) is 0 Å². The quantitative estimate of drug-likeness (QED) is 0.519. The number of pyridine rings is 1. The summed E-state index contributed by atoms with van der Waals surface area (Å²) in [7, 11) is 0. The van der Waals surface area contributed by atoms with Crippen molar-refractivity contribution in [2.75, 3.05) is 5.32 Å². The molecular formula is C15H12Cl2N2O4. The van der Waals surface area contributed by atoms with Gasteiger partial charge in [0.15, 0.2) is 18.5 Å². The fourth-order valence-electron chi connectivity index (χ4n) is 1.66. The molecule has 1 aromatic heterocycles. The molecule has 1 aromatic carbocycles. The molecule has 0 fully saturated rings. The Hall–Kier alpha value is -2.31. The molecule has 1 N–H and O–H groups in total. The summed E-state index contributed by atoms with van der Waals surface area (Å²) in [6.07, 6.45) is 1.28. The molecule has 6 nitrogen and oxygen atoms in total. The van der Waals surface area contributed by atoms with Crippen LogP contribution in [0.2, 0.25) is 10.0 Å². The zero-order chi connectivity index (χ0) is 17.0. The maximum absolute atomic E-state index is 12.0. The van der Waals surface area contributed by atoms with Crippen molar-refractivity contribution in [3.8, 4) is 0 Å². The van der Waals surface area contributed by atoms with E-state index in [0.717, 1.165) is 12.4 Å². The highest BCUT2D eigenvalue weighted by Gasteiger charge is 2.20. The number of carbonyl (C=O) groups excluding carboxylic acids is 2. The fourth-order valence-corrected chi connectivity index (χ4v) is 2.11. The molecule has 2 rings (SSSR count). The lowest BCUT2D eigenvalue weighted by Gasteiger charge is -2.14. The first-order chi connectivity index (χ1) is 10.9. The van der Waals surface area contributed by atoms with Gasteiger partial charge >= 0.3 is 5.97 Å². The van der Waals surface area contributed by atoms with Crippen molar-refractivity contribution < 1.29 is 19.1 Å². The van der Waals surface area contributed by atoms with Crippen LogP contribution in [0.25, 0.3) is 0 Å². The summed E-state index contributed by atoms with van der Waals surface area (Å²) in [5.41, 5.74) is 0.525. The van der Waals surface area contributed by atoms with Gasteiger partial charge < -0.3 is 15.3 Å². The molecule has 0 unspecified atom stereocenters. The molecule has 1 heterocycles. The lowest BCUT2D eigenvalue weighted by Crippen LogP contribution is -2.30. The van der Waals surface area contributed by atoms with Crippen LogP contribution in [-0.2, 0) is 9.53 Å². The van der Waals surface area contributed by atoms with Crippen LogP contribution in [0.15, 0.2) is 42.7 Å². The molecule has 2 aromatic rings. The van der Waals surface area contributed by atoms with E-state index in [1.54, 1.807) is 12.1 Å². The van der Waals surface area contributed by atoms with Crippen LogP contribution in [0.5, 0.6) is 0 Å². The predicted molar refractivity (Wildman–Crippen MR) is 85.4 cm³/mol. The maximum atomic E-state index is 12.0. The van der Waals surface area contributed by atoms with Gasteiger partial charge in [-0.3, -0.25) is 4.79 Å². The first kappa shape index (κ1) is 17.1. The van der Waals surface area contributed by atoms with E-state index >= 15 is 0 Å². The number of esters is 1. The molecule has 23 heavy (non-hydrogen) atoms. The summed E-state index contributed by atoms with van der Waals surface area (Å²) in [6.45, 7) is 1.42. The molecule has 0 saturated heterocycles. The highest BCUT2D eigenvalue weighted by molar-refractivity contribution is 6.36. The molecule has 0 spiro atoms. The number of amides is 1. The maximum Gasteiger partial charge on any atom is 0.339 e. The third-order valence-electron chi connectivity index (χ3n) is 2.88. The van der Waals surface area contributed by atoms with Gasteiger partial charge in [0.1, 0.15) is 0 Å². The normalized spacial score (nSPS) is 11.6. The summed E-state index contributed by atoms with van der Waals surface area (Å²) in [5.74, 6) is -1.26. The molecule has 0 radical (unpaired) electrons. The molecule has 8 heteroatoms. The molecule has 0 aliphatic heterocycles. The molecule has 1 amide bonds. The molecular weight excluding hydrogens is 343 g/mol. The average Bonchev–Trinajstić information content (AvgIpc) is 2.50. The van der Waals surface area contributed by atoms with Crippen molar-refractivity contribution in [2.45, 2.75) is 13.0 Å². The number of hydrogen-bond acceptors (Lipinski definition) is 4. The number of anilines is 1. The second-order valence-electron chi connectivity index (χ2n) is 4.61. The highest BCUT2D eigenvalue weighted by Crippen LogP contribution is 2.25. The number of nitrogens with one attached hydrogen (secondary N) is 1. The molecule has 1 atom stereocenters. The Kier molecular flexibility index (Phi) is 5.41. The van der Waals surface area contributed by atoms with Gasteiger partial charge in [0, 0.05) is 17.2 Å². The molecule has 120 valence electrons. The lowest BCUT2D eigenvalue weighted by atomic mass is 10.2. The highest BCUT2D eigenvalue weighted by atomic mass is 35.5. The van der Waals surface area contributed by atoms with Gasteiger partial charge in [-0.25, -0.2) is 4.79 Å². The van der Waals surface area contributed by atoms with Crippen LogP contribution in [-0.4, -0.2) is 18.0 Å². The minimum Gasteiger partial charge on any atom is -0.619 e. The Morgan fingerprint density at radius 1 is 1.22 bits per heavy atom. The van der Waals surface area contributed by atoms with Crippen LogP contribution in [0.3, 0.4) is 0 Å². The number of halogens is 2. The number of carbonyl (C=O) groups is 2. The Labute approximate surface area is 142 Å². The van der Waals surface area contributed by atoms with Gasteiger partial charge in [0.2, 0.25) is 0 Å². The van der Waals surface area contributed by atoms with Crippen LogP contribution < -0.4 is 10.0 Å². The molecule has 0 aliphatic carbocycles. The molecule has 0 bridgehead atoms. The van der Waals surface area contributed by atoms with Crippen molar-refractivity contribution in [3.05, 3.63) is 63.5 Å². The predicted octanol–water partition coefficient (Wildman–Crippen LogP) is 2.81. The van der Waals surface area contributed by atoms with Crippen LogP contribution in [0, 0.1) is 5.21 Å². The van der Waals surface area contributed by atoms with Crippen LogP contribution in [0.1, 0.15) is 17.3 Å². The minimum absolute atomic E-state index is 0.168. The van der Waals surface area contributed by atoms with E-state index in [1.807, 2.05) is 0 Å². The van der Waals surface area contributed by atoms with Crippen molar-refractivity contribution >= 4 is 40.8 Å². The number of rotatable bonds is 4. The Bertz CT molecular complexity index is 735. The number of hydrogen-bond donors (Lipinski definition) is 1. The number of aromatic nitrogens is 1. The van der Waals surface area contributed by atoms with Crippen LogP contribution in [0.4, 0.5) is 5.69 Å². The van der Waals surface area contributed by atoms with E-state index in [4.69, 9.17) is 27.9 Å². The van der Waals surface area contributed by atoms with Gasteiger partial charge in [0.05, 0.1) is 16.3 Å². The van der Waals surface area contributed by atoms with E-state index in [-0.39, 0.29) is 10.6 Å². The Morgan fingerprint density at radius 2 is 1.87 bits per heavy atom. The van der Waals surface area contributed by atoms with E-state index in [2.05, 4.69) is 5.32 Å². The second kappa shape index (κ2) is 7.30. The number of ether oxygens (including phenoxy) is 1. The van der Waals surface area contributed by atoms with Gasteiger partial charge in [-0.2, -0.15) is 4.73 Å². The van der Waals surface area contributed by atoms with E-state index in [0.29, 0.717) is 15.4 Å². The standard InChI is InChI=1S/C15H12Cl2N2O4/c1-9(23-15(21)10-4-6-19(22)7-5-10)14(20)18-13-3-2-11(16)8-12(13)17/h2-9H,1H3,(H,18,20)/t9-/m1/s1. The summed E-state index contributed by atoms with van der Waals surface area (Å²) in [5, 5.41) is 14.2. The van der Waals surface area contributed by atoms with Crippen LogP contribution >= 0.6 is 23.2 Å². The number of benzene rings is 1. The second-order valence-corrected chi connectivity index (χ2v) is 5.45. The van der Waals surface area contributed by atoms with Gasteiger partial charge in [-0.05, 0) is 25.1 Å². The molecule has 0 aliphatic rings. The topological polar surface area (TPSA) is 82.3 Å². The SMILES string of the molecule is C[C@@H](OC(=O)c1cc[n+]([O-])cc1)C(=O)Nc1ccc(Cl)cc1Cl. The zero-order valence-electron chi connectivity index (χ0n) is 12.0. The summed E-state index contributed by atoms with van der Waals surface area (Å²) in [4.78, 5) is 23.9. The van der Waals surface area contributed by atoms with Crippen molar-refractivity contribution in [3.63, 3.8) is 0 Å². The third-order valence-corrected chi connectivity index (χ3v) is 3.43. The monoisotopic (exact) mass is 354 g/mol. The molecule has 0 saturated carbocycles. The third kappa shape index (κ3) is 4.58. The van der Waals surface area contributed by atoms with Gasteiger partial charge in [-0.15, -0.1) is 0 Å². The van der Waals surface area contributed by atoms with Gasteiger partial charge in [0.25, 0.3) is 5.91 Å². The van der Waals surface area contributed by atoms with E-state index < -0.39 is 18.0 Å². The zero-order valence-corrected chi connectivity index (χ0v) is 13.5. The van der Waals surface area contributed by atoms with Crippen molar-refractivity contribution in [1.29, 1.82) is 0 Å². The average molecular weight is 355 g/mol. The Balaban J connectivity index is 1.99. The first-order valence-electron chi connectivity index (χ1n) is 6.52.